The van der Waals surface area contributed by atoms with Gasteiger partial charge in [-0.1, -0.05) is 0 Å². The van der Waals surface area contributed by atoms with E-state index in [1.54, 1.807) is 19.5 Å². The molecule has 0 saturated heterocycles. The van der Waals surface area contributed by atoms with Crippen LogP contribution in [0.1, 0.15) is 11.4 Å². The Balaban J connectivity index is 2.13. The lowest BCUT2D eigenvalue weighted by molar-refractivity contribution is 0.401. The monoisotopic (exact) mass is 289 g/mol. The Kier molecular flexibility index (Phi) is 3.47. The number of hydrogen-bond donors (Lipinski definition) is 0. The zero-order chi connectivity index (χ0) is 13.9. The first-order valence-electron chi connectivity index (χ1n) is 6.02. The number of hydrogen-bond acceptors (Lipinski definition) is 5. The molecule has 3 aromatic rings. The summed E-state index contributed by atoms with van der Waals surface area (Å²) in [5.41, 5.74) is 2.44. The molecule has 3 rings (SSSR count). The average molecular weight is 290 g/mol. The van der Waals surface area contributed by atoms with Gasteiger partial charge in [0.25, 0.3) is 0 Å². The Labute approximate surface area is 120 Å². The fraction of sp³-hybridized carbons (Fsp3) is 0.231. The van der Waals surface area contributed by atoms with E-state index in [0.717, 1.165) is 11.4 Å². The van der Waals surface area contributed by atoms with Gasteiger partial charge in [0.05, 0.1) is 19.5 Å². The first kappa shape index (κ1) is 12.8. The van der Waals surface area contributed by atoms with Crippen molar-refractivity contribution >= 4 is 22.8 Å². The molecule has 3 heterocycles. The van der Waals surface area contributed by atoms with Crippen molar-refractivity contribution in [1.82, 2.24) is 24.5 Å². The van der Waals surface area contributed by atoms with Gasteiger partial charge in [-0.25, -0.2) is 9.97 Å². The lowest BCUT2D eigenvalue weighted by atomic mass is 10.2. The molecule has 3 aromatic heterocycles. The highest BCUT2D eigenvalue weighted by atomic mass is 35.5. The normalized spacial score (nSPS) is 10.9. The summed E-state index contributed by atoms with van der Waals surface area (Å²) in [6, 6.07) is 3.89. The quantitative estimate of drug-likeness (QED) is 0.688. The minimum absolute atomic E-state index is 0.296. The van der Waals surface area contributed by atoms with Gasteiger partial charge in [0.1, 0.15) is 12.2 Å². The molecule has 0 aliphatic heterocycles. The second kappa shape index (κ2) is 5.42. The summed E-state index contributed by atoms with van der Waals surface area (Å²) in [5, 5.41) is 0. The molecule has 0 radical (unpaired) electrons. The number of ether oxygens (including phenoxy) is 1. The van der Waals surface area contributed by atoms with Crippen molar-refractivity contribution in [3.8, 4) is 5.88 Å². The molecular formula is C13H12ClN5O. The van der Waals surface area contributed by atoms with E-state index in [4.69, 9.17) is 16.3 Å². The van der Waals surface area contributed by atoms with Gasteiger partial charge in [0.2, 0.25) is 5.88 Å². The van der Waals surface area contributed by atoms with Crippen LogP contribution in [0.2, 0.25) is 0 Å². The standard InChI is InChI=1S/C13H12ClN5O/c1-20-13-11-12(16-8-17-13)19(10(6-14)18-11)7-9-2-4-15-5-3-9/h2-5,8H,6-7H2,1H3. The number of rotatable bonds is 4. The zero-order valence-electron chi connectivity index (χ0n) is 10.8. The van der Waals surface area contributed by atoms with Crippen LogP contribution >= 0.6 is 11.6 Å². The van der Waals surface area contributed by atoms with E-state index in [1.807, 2.05) is 16.7 Å². The zero-order valence-corrected chi connectivity index (χ0v) is 11.6. The number of nitrogens with zero attached hydrogens (tertiary/aromatic N) is 5. The van der Waals surface area contributed by atoms with Crippen LogP contribution in [0.25, 0.3) is 11.2 Å². The van der Waals surface area contributed by atoms with Crippen LogP contribution in [0.15, 0.2) is 30.9 Å². The fourth-order valence-corrected chi connectivity index (χ4v) is 2.25. The van der Waals surface area contributed by atoms with Gasteiger partial charge in [-0.05, 0) is 17.7 Å². The van der Waals surface area contributed by atoms with Gasteiger partial charge in [-0.2, -0.15) is 4.98 Å². The first-order chi connectivity index (χ1) is 9.83. The van der Waals surface area contributed by atoms with E-state index in [-0.39, 0.29) is 0 Å². The molecule has 0 N–H and O–H groups in total. The molecule has 0 amide bonds. The highest BCUT2D eigenvalue weighted by molar-refractivity contribution is 6.16. The Bertz CT molecular complexity index is 728. The maximum Gasteiger partial charge on any atom is 0.245 e. The third kappa shape index (κ3) is 2.18. The summed E-state index contributed by atoms with van der Waals surface area (Å²) in [6.45, 7) is 0.626. The SMILES string of the molecule is COc1ncnc2c1nc(CCl)n2Cc1ccncc1. The molecule has 102 valence electrons. The predicted molar refractivity (Wildman–Crippen MR) is 74.8 cm³/mol. The number of methoxy groups -OCH3 is 1. The maximum absolute atomic E-state index is 5.98. The Hall–Kier alpha value is -2.21. The number of aromatic nitrogens is 5. The van der Waals surface area contributed by atoms with Crippen LogP contribution in [0.5, 0.6) is 5.88 Å². The van der Waals surface area contributed by atoms with Crippen LogP contribution in [0.3, 0.4) is 0 Å². The van der Waals surface area contributed by atoms with Crippen molar-refractivity contribution in [3.63, 3.8) is 0 Å². The van der Waals surface area contributed by atoms with Gasteiger partial charge in [-0.3, -0.25) is 4.98 Å². The summed E-state index contributed by atoms with van der Waals surface area (Å²) in [7, 11) is 1.56. The van der Waals surface area contributed by atoms with Crippen LogP contribution in [0.4, 0.5) is 0 Å². The predicted octanol–water partition coefficient (Wildman–Crippen LogP) is 2.02. The summed E-state index contributed by atoms with van der Waals surface area (Å²) < 4.78 is 7.17. The van der Waals surface area contributed by atoms with Crippen LogP contribution in [-0.4, -0.2) is 31.6 Å². The molecule has 0 spiro atoms. The molecular weight excluding hydrogens is 278 g/mol. The van der Waals surface area contributed by atoms with Crippen molar-refractivity contribution in [2.24, 2.45) is 0 Å². The summed E-state index contributed by atoms with van der Waals surface area (Å²) in [6.07, 6.45) is 4.97. The minimum Gasteiger partial charge on any atom is -0.479 e. The largest absolute Gasteiger partial charge is 0.479 e. The van der Waals surface area contributed by atoms with Gasteiger partial charge in [-0.15, -0.1) is 11.6 Å². The number of halogens is 1. The van der Waals surface area contributed by atoms with Crippen molar-refractivity contribution < 1.29 is 4.74 Å². The average Bonchev–Trinajstić information content (AvgIpc) is 2.86. The Morgan fingerprint density at radius 3 is 2.75 bits per heavy atom. The molecule has 0 unspecified atom stereocenters. The molecule has 0 atom stereocenters. The second-order valence-electron chi connectivity index (χ2n) is 4.16. The van der Waals surface area contributed by atoms with Crippen molar-refractivity contribution in [3.05, 3.63) is 42.2 Å². The summed E-state index contributed by atoms with van der Waals surface area (Å²) in [4.78, 5) is 16.8. The third-order valence-corrected chi connectivity index (χ3v) is 3.22. The molecule has 0 aromatic carbocycles. The molecule has 7 heteroatoms. The fourth-order valence-electron chi connectivity index (χ4n) is 2.05. The number of alkyl halides is 1. The summed E-state index contributed by atoms with van der Waals surface area (Å²) >= 11 is 5.98. The highest BCUT2D eigenvalue weighted by Crippen LogP contribution is 2.23. The molecule has 6 nitrogen and oxygen atoms in total. The van der Waals surface area contributed by atoms with Crippen LogP contribution < -0.4 is 4.74 Å². The maximum atomic E-state index is 5.98. The van der Waals surface area contributed by atoms with Gasteiger partial charge < -0.3 is 9.30 Å². The van der Waals surface area contributed by atoms with Crippen molar-refractivity contribution in [1.29, 1.82) is 0 Å². The van der Waals surface area contributed by atoms with Gasteiger partial charge in [0, 0.05) is 12.4 Å². The number of imidazole rings is 1. The van der Waals surface area contributed by atoms with Crippen LogP contribution in [-0.2, 0) is 12.4 Å². The van der Waals surface area contributed by atoms with E-state index < -0.39 is 0 Å². The summed E-state index contributed by atoms with van der Waals surface area (Å²) in [5.74, 6) is 1.48. The molecule has 0 saturated carbocycles. The topological polar surface area (TPSA) is 65.7 Å². The minimum atomic E-state index is 0.296. The van der Waals surface area contributed by atoms with E-state index in [0.29, 0.717) is 29.5 Å². The van der Waals surface area contributed by atoms with E-state index >= 15 is 0 Å². The van der Waals surface area contributed by atoms with Crippen molar-refractivity contribution in [2.75, 3.05) is 7.11 Å². The molecule has 20 heavy (non-hydrogen) atoms. The van der Waals surface area contributed by atoms with Crippen LogP contribution in [0, 0.1) is 0 Å². The van der Waals surface area contributed by atoms with E-state index in [2.05, 4.69) is 19.9 Å². The first-order valence-corrected chi connectivity index (χ1v) is 6.56. The molecule has 0 aliphatic rings. The number of fused-ring (bicyclic) bond motifs is 1. The molecule has 0 aliphatic carbocycles. The lowest BCUT2D eigenvalue weighted by Crippen LogP contribution is -2.05. The smallest absolute Gasteiger partial charge is 0.245 e. The third-order valence-electron chi connectivity index (χ3n) is 2.98. The molecule has 0 bridgehead atoms. The van der Waals surface area contributed by atoms with Gasteiger partial charge in [0.15, 0.2) is 11.2 Å². The Morgan fingerprint density at radius 1 is 1.25 bits per heavy atom. The second-order valence-corrected chi connectivity index (χ2v) is 4.43. The number of pyridine rings is 1. The highest BCUT2D eigenvalue weighted by Gasteiger charge is 2.15. The van der Waals surface area contributed by atoms with Gasteiger partial charge >= 0.3 is 0 Å². The Morgan fingerprint density at radius 2 is 2.05 bits per heavy atom. The van der Waals surface area contributed by atoms with E-state index in [1.165, 1.54) is 6.33 Å². The van der Waals surface area contributed by atoms with E-state index in [9.17, 15) is 0 Å². The van der Waals surface area contributed by atoms with Crippen molar-refractivity contribution in [2.45, 2.75) is 12.4 Å². The molecule has 0 fully saturated rings. The lowest BCUT2D eigenvalue weighted by Gasteiger charge is -2.06.